The van der Waals surface area contributed by atoms with Crippen molar-refractivity contribution in [2.24, 2.45) is 0 Å². The van der Waals surface area contributed by atoms with E-state index in [2.05, 4.69) is 22.9 Å². The fourth-order valence-electron chi connectivity index (χ4n) is 2.93. The second-order valence-corrected chi connectivity index (χ2v) is 6.81. The molecule has 3 N–H and O–H groups in total. The van der Waals surface area contributed by atoms with Crippen molar-refractivity contribution in [3.05, 3.63) is 89.5 Å². The molecule has 0 saturated heterocycles. The molecule has 0 aliphatic rings. The molecule has 0 atom stereocenters. The smallest absolute Gasteiger partial charge is 0.255 e. The molecule has 0 saturated carbocycles. The molecule has 0 unspecified atom stereocenters. The second-order valence-electron chi connectivity index (χ2n) is 6.81. The Bertz CT molecular complexity index is 1000. The quantitative estimate of drug-likeness (QED) is 0.542. The van der Waals surface area contributed by atoms with Crippen LogP contribution in [0.5, 0.6) is 0 Å². The SMILES string of the molecule is CCc1cccc(NC(=O)CNc2cc(C(=O)Nc3ccccc3)ccc2C)c1. The lowest BCUT2D eigenvalue weighted by Crippen LogP contribution is -2.22. The third-order valence-electron chi connectivity index (χ3n) is 4.59. The Morgan fingerprint density at radius 2 is 1.59 bits per heavy atom. The minimum absolute atomic E-state index is 0.112. The molecule has 2 amide bonds. The Kier molecular flexibility index (Phi) is 6.63. The molecule has 3 aromatic rings. The van der Waals surface area contributed by atoms with E-state index in [1.54, 1.807) is 12.1 Å². The highest BCUT2D eigenvalue weighted by Crippen LogP contribution is 2.18. The van der Waals surface area contributed by atoms with Gasteiger partial charge in [-0.3, -0.25) is 9.59 Å². The van der Waals surface area contributed by atoms with Crippen molar-refractivity contribution in [3.63, 3.8) is 0 Å². The first-order valence-electron chi connectivity index (χ1n) is 9.65. The molecule has 0 bridgehead atoms. The first-order chi connectivity index (χ1) is 14.0. The van der Waals surface area contributed by atoms with E-state index in [1.165, 1.54) is 5.56 Å². The van der Waals surface area contributed by atoms with E-state index < -0.39 is 0 Å². The number of amides is 2. The summed E-state index contributed by atoms with van der Waals surface area (Å²) in [5.41, 5.74) is 4.93. The minimum Gasteiger partial charge on any atom is -0.376 e. The molecule has 5 heteroatoms. The molecule has 0 aliphatic carbocycles. The lowest BCUT2D eigenvalue weighted by atomic mass is 10.1. The van der Waals surface area contributed by atoms with E-state index in [-0.39, 0.29) is 18.4 Å². The summed E-state index contributed by atoms with van der Waals surface area (Å²) < 4.78 is 0. The first kappa shape index (κ1) is 20.1. The van der Waals surface area contributed by atoms with Crippen LogP contribution < -0.4 is 16.0 Å². The number of para-hydroxylation sites is 1. The molecule has 3 aromatic carbocycles. The van der Waals surface area contributed by atoms with Gasteiger partial charge in [0.05, 0.1) is 6.54 Å². The van der Waals surface area contributed by atoms with E-state index in [1.807, 2.05) is 67.6 Å². The van der Waals surface area contributed by atoms with Crippen LogP contribution in [-0.4, -0.2) is 18.4 Å². The zero-order valence-electron chi connectivity index (χ0n) is 16.7. The number of carbonyl (C=O) groups excluding carboxylic acids is 2. The molecule has 5 nitrogen and oxygen atoms in total. The first-order valence-corrected chi connectivity index (χ1v) is 9.65. The van der Waals surface area contributed by atoms with Crippen molar-refractivity contribution < 1.29 is 9.59 Å². The molecular weight excluding hydrogens is 362 g/mol. The molecule has 29 heavy (non-hydrogen) atoms. The van der Waals surface area contributed by atoms with Gasteiger partial charge in [0.2, 0.25) is 5.91 Å². The Morgan fingerprint density at radius 3 is 2.34 bits per heavy atom. The van der Waals surface area contributed by atoms with Gasteiger partial charge in [-0.1, -0.05) is 43.3 Å². The third-order valence-corrected chi connectivity index (χ3v) is 4.59. The molecule has 0 heterocycles. The summed E-state index contributed by atoms with van der Waals surface area (Å²) in [7, 11) is 0. The fraction of sp³-hybridized carbons (Fsp3) is 0.167. The van der Waals surface area contributed by atoms with Gasteiger partial charge in [-0.2, -0.15) is 0 Å². The summed E-state index contributed by atoms with van der Waals surface area (Å²) in [6.45, 7) is 4.12. The number of anilines is 3. The Labute approximate surface area is 171 Å². The second kappa shape index (κ2) is 9.55. The number of aryl methyl sites for hydroxylation is 2. The molecule has 0 aliphatic heterocycles. The van der Waals surface area contributed by atoms with Crippen LogP contribution in [0, 0.1) is 6.92 Å². The predicted molar refractivity (Wildman–Crippen MR) is 119 cm³/mol. The number of nitrogens with one attached hydrogen (secondary N) is 3. The highest BCUT2D eigenvalue weighted by Gasteiger charge is 2.10. The van der Waals surface area contributed by atoms with Gasteiger partial charge in [0.1, 0.15) is 0 Å². The monoisotopic (exact) mass is 387 g/mol. The molecule has 0 fully saturated rings. The topological polar surface area (TPSA) is 70.2 Å². The summed E-state index contributed by atoms with van der Waals surface area (Å²) >= 11 is 0. The summed E-state index contributed by atoms with van der Waals surface area (Å²) in [6.07, 6.45) is 0.916. The van der Waals surface area contributed by atoms with Gasteiger partial charge in [0.15, 0.2) is 0 Å². The van der Waals surface area contributed by atoms with E-state index in [9.17, 15) is 9.59 Å². The van der Waals surface area contributed by atoms with Crippen LogP contribution in [0.15, 0.2) is 72.8 Å². The largest absolute Gasteiger partial charge is 0.376 e. The van der Waals surface area contributed by atoms with Gasteiger partial charge in [-0.15, -0.1) is 0 Å². The van der Waals surface area contributed by atoms with Crippen LogP contribution in [-0.2, 0) is 11.2 Å². The molecule has 0 spiro atoms. The van der Waals surface area contributed by atoms with Crippen molar-refractivity contribution in [1.29, 1.82) is 0 Å². The van der Waals surface area contributed by atoms with E-state index >= 15 is 0 Å². The number of hydrogen-bond donors (Lipinski definition) is 3. The van der Waals surface area contributed by atoms with Crippen LogP contribution in [0.4, 0.5) is 17.1 Å². The molecule has 0 aromatic heterocycles. The molecular formula is C24H25N3O2. The summed E-state index contributed by atoms with van der Waals surface area (Å²) in [4.78, 5) is 24.8. The Hall–Kier alpha value is -3.60. The lowest BCUT2D eigenvalue weighted by Gasteiger charge is -2.12. The Balaban J connectivity index is 1.62. The summed E-state index contributed by atoms with van der Waals surface area (Å²) in [5, 5.41) is 8.89. The number of rotatable bonds is 7. The normalized spacial score (nSPS) is 10.3. The lowest BCUT2D eigenvalue weighted by molar-refractivity contribution is -0.114. The number of benzene rings is 3. The molecule has 3 rings (SSSR count). The van der Waals surface area contributed by atoms with Gasteiger partial charge in [-0.25, -0.2) is 0 Å². The van der Waals surface area contributed by atoms with Crippen molar-refractivity contribution >= 4 is 28.9 Å². The van der Waals surface area contributed by atoms with Crippen LogP contribution >= 0.6 is 0 Å². The number of hydrogen-bond acceptors (Lipinski definition) is 3. The van der Waals surface area contributed by atoms with Crippen LogP contribution in [0.25, 0.3) is 0 Å². The standard InChI is InChI=1S/C24H25N3O2/c1-3-18-8-7-11-21(14-18)26-23(28)16-25-22-15-19(13-12-17(22)2)24(29)27-20-9-5-4-6-10-20/h4-15,25H,3,16H2,1-2H3,(H,26,28)(H,27,29). The van der Waals surface area contributed by atoms with Gasteiger partial charge in [0, 0.05) is 22.6 Å². The van der Waals surface area contributed by atoms with Crippen LogP contribution in [0.1, 0.15) is 28.4 Å². The van der Waals surface area contributed by atoms with Gasteiger partial charge in [-0.05, 0) is 60.9 Å². The maximum atomic E-state index is 12.5. The highest BCUT2D eigenvalue weighted by atomic mass is 16.2. The van der Waals surface area contributed by atoms with Crippen LogP contribution in [0.2, 0.25) is 0 Å². The van der Waals surface area contributed by atoms with Gasteiger partial charge >= 0.3 is 0 Å². The van der Waals surface area contributed by atoms with Crippen molar-refractivity contribution in [2.75, 3.05) is 22.5 Å². The van der Waals surface area contributed by atoms with Crippen molar-refractivity contribution in [1.82, 2.24) is 0 Å². The Morgan fingerprint density at radius 1 is 0.828 bits per heavy atom. The van der Waals surface area contributed by atoms with E-state index in [0.29, 0.717) is 5.56 Å². The zero-order chi connectivity index (χ0) is 20.6. The van der Waals surface area contributed by atoms with Gasteiger partial charge < -0.3 is 16.0 Å². The van der Waals surface area contributed by atoms with Crippen molar-refractivity contribution in [3.8, 4) is 0 Å². The van der Waals surface area contributed by atoms with E-state index in [0.717, 1.165) is 29.0 Å². The van der Waals surface area contributed by atoms with Crippen molar-refractivity contribution in [2.45, 2.75) is 20.3 Å². The molecule has 148 valence electrons. The average Bonchev–Trinajstić information content (AvgIpc) is 2.74. The average molecular weight is 387 g/mol. The zero-order valence-corrected chi connectivity index (χ0v) is 16.7. The summed E-state index contributed by atoms with van der Waals surface area (Å²) in [5.74, 6) is -0.336. The number of carbonyl (C=O) groups is 2. The van der Waals surface area contributed by atoms with Crippen LogP contribution in [0.3, 0.4) is 0 Å². The molecule has 0 radical (unpaired) electrons. The maximum absolute atomic E-state index is 12.5. The fourth-order valence-corrected chi connectivity index (χ4v) is 2.93. The van der Waals surface area contributed by atoms with E-state index in [4.69, 9.17) is 0 Å². The summed E-state index contributed by atoms with van der Waals surface area (Å²) in [6, 6.07) is 22.5. The predicted octanol–water partition coefficient (Wildman–Crippen LogP) is 4.86. The minimum atomic E-state index is -0.194. The highest BCUT2D eigenvalue weighted by molar-refractivity contribution is 6.05. The maximum Gasteiger partial charge on any atom is 0.255 e. The third kappa shape index (κ3) is 5.69. The van der Waals surface area contributed by atoms with Gasteiger partial charge in [0.25, 0.3) is 5.91 Å².